The van der Waals surface area contributed by atoms with Crippen molar-refractivity contribution in [3.8, 4) is 6.07 Å². The number of pyridine rings is 2. The number of rotatable bonds is 6. The molecule has 2 aromatic heterocycles. The largest absolute Gasteiger partial charge is 0.370 e. The molecule has 31 heavy (non-hydrogen) atoms. The first-order valence-electron chi connectivity index (χ1n) is 10.8. The lowest BCUT2D eigenvalue weighted by Crippen LogP contribution is -2.39. The Morgan fingerprint density at radius 2 is 2.13 bits per heavy atom. The first kappa shape index (κ1) is 20.6. The molecule has 1 aliphatic carbocycles. The summed E-state index contributed by atoms with van der Waals surface area (Å²) in [4.78, 5) is 13.6. The molecule has 0 atom stereocenters. The third-order valence-electron chi connectivity index (χ3n) is 5.51. The maximum Gasteiger partial charge on any atom is 0.200 e. The lowest BCUT2D eigenvalue weighted by Gasteiger charge is -2.22. The van der Waals surface area contributed by atoms with E-state index >= 15 is 0 Å². The van der Waals surface area contributed by atoms with Crippen LogP contribution in [0.4, 0.5) is 5.82 Å². The molecule has 0 bridgehead atoms. The molecule has 3 N–H and O–H groups in total. The number of aliphatic imine (C=N–C) groups is 1. The van der Waals surface area contributed by atoms with Gasteiger partial charge in [0.05, 0.1) is 17.4 Å². The minimum Gasteiger partial charge on any atom is -0.370 e. The van der Waals surface area contributed by atoms with E-state index in [0.717, 1.165) is 42.9 Å². The summed E-state index contributed by atoms with van der Waals surface area (Å²) in [6.07, 6.45) is 11.1. The number of aromatic nitrogens is 2. The normalized spacial score (nSPS) is 19.2. The molecular weight excluding hydrogens is 386 g/mol. The van der Waals surface area contributed by atoms with Gasteiger partial charge >= 0.3 is 0 Å². The molecule has 1 saturated carbocycles. The van der Waals surface area contributed by atoms with E-state index in [1.165, 1.54) is 18.4 Å². The molecule has 4 rings (SSSR count). The van der Waals surface area contributed by atoms with Crippen molar-refractivity contribution in [2.45, 2.75) is 45.1 Å². The van der Waals surface area contributed by atoms with Crippen LogP contribution < -0.4 is 16.0 Å². The first-order chi connectivity index (χ1) is 15.2. The van der Waals surface area contributed by atoms with Crippen LogP contribution in [0.5, 0.6) is 0 Å². The molecule has 0 radical (unpaired) electrons. The first-order valence-corrected chi connectivity index (χ1v) is 10.8. The fourth-order valence-electron chi connectivity index (χ4n) is 3.84. The monoisotopic (exact) mass is 413 g/mol. The van der Waals surface area contributed by atoms with Crippen molar-refractivity contribution in [3.05, 3.63) is 71.5 Å². The maximum absolute atomic E-state index is 9.93. The highest BCUT2D eigenvalue weighted by Crippen LogP contribution is 2.24. The summed E-state index contributed by atoms with van der Waals surface area (Å²) < 4.78 is 0. The number of nitrogens with one attached hydrogen (secondary N) is 3. The second-order valence-electron chi connectivity index (χ2n) is 7.82. The van der Waals surface area contributed by atoms with Gasteiger partial charge in [-0.05, 0) is 55.5 Å². The van der Waals surface area contributed by atoms with Gasteiger partial charge < -0.3 is 16.0 Å². The number of hydrogen-bond acceptors (Lipinski definition) is 5. The summed E-state index contributed by atoms with van der Waals surface area (Å²) in [5.74, 6) is 1.44. The standard InChI is InChI=1S/C24H27N7/c1-17-15-28-24(29-19-7-2-3-8-19)31-23(17)20(14-25)21-9-4-10-22(30-21)27-13-11-18-6-5-12-26-16-18/h4-6,9-10,12,15-16,19H,2-3,7-8,11,13H2,1H3,(H,27,30)(H2,28,29,31). The number of nitrogens with zero attached hydrogens (tertiary/aromatic N) is 4. The number of allylic oxidation sites excluding steroid dienone is 2. The number of guanidine groups is 1. The Morgan fingerprint density at radius 1 is 1.26 bits per heavy atom. The summed E-state index contributed by atoms with van der Waals surface area (Å²) in [5.41, 5.74) is 3.99. The van der Waals surface area contributed by atoms with Crippen LogP contribution in [-0.4, -0.2) is 28.5 Å². The Balaban J connectivity index is 1.51. The van der Waals surface area contributed by atoms with Gasteiger partial charge in [-0.3, -0.25) is 4.98 Å². The zero-order valence-electron chi connectivity index (χ0n) is 17.7. The zero-order valence-corrected chi connectivity index (χ0v) is 17.7. The second kappa shape index (κ2) is 9.90. The quantitative estimate of drug-likeness (QED) is 0.624. The second-order valence-corrected chi connectivity index (χ2v) is 7.82. The Kier molecular flexibility index (Phi) is 6.58. The molecule has 0 saturated heterocycles. The molecule has 1 aliphatic heterocycles. The van der Waals surface area contributed by atoms with Crippen molar-refractivity contribution in [2.75, 3.05) is 11.9 Å². The van der Waals surface area contributed by atoms with Gasteiger partial charge in [0.1, 0.15) is 17.5 Å². The average Bonchev–Trinajstić information content (AvgIpc) is 3.31. The summed E-state index contributed by atoms with van der Waals surface area (Å²) in [6, 6.07) is 12.4. The average molecular weight is 414 g/mol. The molecule has 7 nitrogen and oxygen atoms in total. The molecule has 0 aromatic carbocycles. The van der Waals surface area contributed by atoms with E-state index in [2.05, 4.69) is 38.1 Å². The van der Waals surface area contributed by atoms with Gasteiger partial charge in [0.2, 0.25) is 0 Å². The zero-order chi connectivity index (χ0) is 21.5. The van der Waals surface area contributed by atoms with Gasteiger partial charge in [-0.1, -0.05) is 25.0 Å². The molecule has 0 amide bonds. The van der Waals surface area contributed by atoms with Crippen molar-refractivity contribution >= 4 is 17.4 Å². The van der Waals surface area contributed by atoms with Crippen LogP contribution in [0.3, 0.4) is 0 Å². The van der Waals surface area contributed by atoms with E-state index < -0.39 is 0 Å². The predicted molar refractivity (Wildman–Crippen MR) is 123 cm³/mol. The Hall–Kier alpha value is -3.66. The van der Waals surface area contributed by atoms with Crippen LogP contribution in [0.25, 0.3) is 5.57 Å². The van der Waals surface area contributed by atoms with Crippen LogP contribution >= 0.6 is 0 Å². The van der Waals surface area contributed by atoms with Gasteiger partial charge in [0.15, 0.2) is 5.96 Å². The van der Waals surface area contributed by atoms with Crippen LogP contribution in [0.1, 0.15) is 43.9 Å². The third-order valence-corrected chi connectivity index (χ3v) is 5.51. The fraction of sp³-hybridized carbons (Fsp3) is 0.333. The lowest BCUT2D eigenvalue weighted by molar-refractivity contribution is 0.696. The highest BCUT2D eigenvalue weighted by atomic mass is 15.2. The number of nitriles is 1. The van der Waals surface area contributed by atoms with Crippen molar-refractivity contribution in [1.29, 1.82) is 5.26 Å². The smallest absolute Gasteiger partial charge is 0.200 e. The SMILES string of the molecule is CC1=CNC(=NC2CCCC2)NC1=C(C#N)c1cccc(NCCc2cccnc2)n1. The van der Waals surface area contributed by atoms with Gasteiger partial charge in [-0.15, -0.1) is 0 Å². The minimum absolute atomic E-state index is 0.346. The van der Waals surface area contributed by atoms with Crippen LogP contribution in [-0.2, 0) is 6.42 Å². The topological polar surface area (TPSA) is 98.0 Å². The molecule has 0 unspecified atom stereocenters. The third kappa shape index (κ3) is 5.28. The summed E-state index contributed by atoms with van der Waals surface area (Å²) in [7, 11) is 0. The van der Waals surface area contributed by atoms with Crippen molar-refractivity contribution in [1.82, 2.24) is 20.6 Å². The highest BCUT2D eigenvalue weighted by molar-refractivity contribution is 5.91. The van der Waals surface area contributed by atoms with E-state index in [0.29, 0.717) is 23.3 Å². The molecule has 7 heteroatoms. The Morgan fingerprint density at radius 3 is 2.90 bits per heavy atom. The molecule has 2 aromatic rings. The molecule has 0 spiro atoms. The maximum atomic E-state index is 9.93. The number of hydrogen-bond donors (Lipinski definition) is 3. The number of anilines is 1. The van der Waals surface area contributed by atoms with Crippen molar-refractivity contribution < 1.29 is 0 Å². The summed E-state index contributed by atoms with van der Waals surface area (Å²) in [5, 5.41) is 19.8. The van der Waals surface area contributed by atoms with E-state index in [1.807, 2.05) is 43.6 Å². The van der Waals surface area contributed by atoms with Gasteiger partial charge in [-0.25, -0.2) is 9.98 Å². The van der Waals surface area contributed by atoms with Crippen molar-refractivity contribution in [3.63, 3.8) is 0 Å². The Labute approximate surface area is 183 Å². The summed E-state index contributed by atoms with van der Waals surface area (Å²) >= 11 is 0. The van der Waals surface area contributed by atoms with E-state index in [4.69, 9.17) is 4.99 Å². The van der Waals surface area contributed by atoms with Crippen molar-refractivity contribution in [2.24, 2.45) is 4.99 Å². The Bertz CT molecular complexity index is 1040. The van der Waals surface area contributed by atoms with E-state index in [1.54, 1.807) is 6.20 Å². The minimum atomic E-state index is 0.346. The van der Waals surface area contributed by atoms with E-state index in [9.17, 15) is 5.26 Å². The predicted octanol–water partition coefficient (Wildman–Crippen LogP) is 3.76. The summed E-state index contributed by atoms with van der Waals surface area (Å²) in [6.45, 7) is 2.70. The van der Waals surface area contributed by atoms with Gasteiger partial charge in [0, 0.05) is 25.1 Å². The molecule has 3 heterocycles. The molecule has 2 aliphatic rings. The lowest BCUT2D eigenvalue weighted by atomic mass is 10.0. The van der Waals surface area contributed by atoms with Crippen LogP contribution in [0.15, 0.2) is 65.2 Å². The highest BCUT2D eigenvalue weighted by Gasteiger charge is 2.20. The van der Waals surface area contributed by atoms with Gasteiger partial charge in [-0.2, -0.15) is 5.26 Å². The molecular formula is C24H27N7. The molecule has 158 valence electrons. The van der Waals surface area contributed by atoms with E-state index in [-0.39, 0.29) is 0 Å². The van der Waals surface area contributed by atoms with Crippen LogP contribution in [0.2, 0.25) is 0 Å². The fourth-order valence-corrected chi connectivity index (χ4v) is 3.84. The van der Waals surface area contributed by atoms with Crippen LogP contribution in [0, 0.1) is 11.3 Å². The molecule has 1 fully saturated rings. The van der Waals surface area contributed by atoms with Gasteiger partial charge in [0.25, 0.3) is 0 Å².